The highest BCUT2D eigenvalue weighted by molar-refractivity contribution is 6.30. The van der Waals surface area contributed by atoms with E-state index in [1.54, 1.807) is 0 Å². The van der Waals surface area contributed by atoms with Crippen LogP contribution in [0.3, 0.4) is 0 Å². The third kappa shape index (κ3) is 1.64. The summed E-state index contributed by atoms with van der Waals surface area (Å²) in [7, 11) is 0. The number of hydroxylamine groups is 1. The van der Waals surface area contributed by atoms with E-state index in [0.29, 0.717) is 6.04 Å². The Kier molecular flexibility index (Phi) is 2.19. The number of halogens is 1. The van der Waals surface area contributed by atoms with E-state index in [4.69, 9.17) is 16.4 Å². The van der Waals surface area contributed by atoms with Crippen LogP contribution >= 0.6 is 11.6 Å². The van der Waals surface area contributed by atoms with Gasteiger partial charge in [-0.1, -0.05) is 23.8 Å². The van der Waals surface area contributed by atoms with Gasteiger partial charge in [-0.2, -0.15) is 0 Å². The molecule has 1 aromatic carbocycles. The van der Waals surface area contributed by atoms with E-state index in [2.05, 4.69) is 12.2 Å². The first-order chi connectivity index (χ1) is 7.33. The first-order valence-electron chi connectivity index (χ1n) is 5.23. The molecule has 2 bridgehead atoms. The Morgan fingerprint density at radius 1 is 1.13 bits per heavy atom. The average Bonchev–Trinajstić information content (AvgIpc) is 2.31. The zero-order valence-electron chi connectivity index (χ0n) is 8.27. The van der Waals surface area contributed by atoms with Crippen molar-refractivity contribution in [2.75, 3.05) is 5.06 Å². The topological polar surface area (TPSA) is 12.5 Å². The summed E-state index contributed by atoms with van der Waals surface area (Å²) in [6.07, 6.45) is 6.94. The van der Waals surface area contributed by atoms with Crippen molar-refractivity contribution in [2.24, 2.45) is 0 Å². The molecule has 0 spiro atoms. The van der Waals surface area contributed by atoms with Crippen molar-refractivity contribution in [3.8, 4) is 0 Å². The fraction of sp³-hybridized carbons (Fsp3) is 0.333. The van der Waals surface area contributed by atoms with E-state index in [1.807, 2.05) is 29.3 Å². The molecule has 2 aliphatic heterocycles. The number of nitrogens with zero attached hydrogens (tertiary/aromatic N) is 1. The van der Waals surface area contributed by atoms with Crippen molar-refractivity contribution in [3.63, 3.8) is 0 Å². The minimum Gasteiger partial charge on any atom is -0.265 e. The Morgan fingerprint density at radius 3 is 2.47 bits per heavy atom. The standard InChI is InChI=1S/C12H12ClNO/c13-9-1-3-10(4-2-9)14-11-5-7-12(15-14)8-6-11/h1-5,7,11-12H,6,8H2/t11-,12+/m1/s1. The molecule has 2 atom stereocenters. The van der Waals surface area contributed by atoms with Gasteiger partial charge in [-0.15, -0.1) is 0 Å². The number of benzene rings is 1. The van der Waals surface area contributed by atoms with Crippen molar-refractivity contribution in [2.45, 2.75) is 25.0 Å². The molecule has 0 radical (unpaired) electrons. The highest BCUT2D eigenvalue weighted by atomic mass is 35.5. The predicted octanol–water partition coefficient (Wildman–Crippen LogP) is 3.18. The molecule has 0 amide bonds. The molecule has 2 heterocycles. The van der Waals surface area contributed by atoms with Crippen molar-refractivity contribution < 1.29 is 4.84 Å². The van der Waals surface area contributed by atoms with E-state index in [9.17, 15) is 0 Å². The second kappa shape index (κ2) is 3.54. The SMILES string of the molecule is Clc1ccc(N2O[C@H]3C=C[C@@H]2CC3)cc1. The van der Waals surface area contributed by atoms with Crippen molar-refractivity contribution >= 4 is 17.3 Å². The average molecular weight is 222 g/mol. The fourth-order valence-electron chi connectivity index (χ4n) is 2.13. The molecule has 1 saturated heterocycles. The molecule has 15 heavy (non-hydrogen) atoms. The van der Waals surface area contributed by atoms with Crippen LogP contribution < -0.4 is 5.06 Å². The van der Waals surface area contributed by atoms with Gasteiger partial charge in [0.2, 0.25) is 0 Å². The first kappa shape index (κ1) is 9.25. The van der Waals surface area contributed by atoms with Crippen LogP contribution in [0.4, 0.5) is 5.69 Å². The quantitative estimate of drug-likeness (QED) is 0.676. The van der Waals surface area contributed by atoms with E-state index < -0.39 is 0 Å². The maximum absolute atomic E-state index is 5.86. The third-order valence-corrected chi connectivity index (χ3v) is 3.18. The second-order valence-electron chi connectivity index (χ2n) is 3.98. The summed E-state index contributed by atoms with van der Waals surface area (Å²) in [4.78, 5) is 5.81. The second-order valence-corrected chi connectivity index (χ2v) is 4.41. The largest absolute Gasteiger partial charge is 0.265 e. The molecule has 0 aromatic heterocycles. The summed E-state index contributed by atoms with van der Waals surface area (Å²) >= 11 is 5.86. The Bertz CT molecular complexity index is 387. The lowest BCUT2D eigenvalue weighted by Gasteiger charge is -2.41. The molecule has 0 N–H and O–H groups in total. The van der Waals surface area contributed by atoms with E-state index in [1.165, 1.54) is 6.42 Å². The van der Waals surface area contributed by atoms with Gasteiger partial charge >= 0.3 is 0 Å². The summed E-state index contributed by atoms with van der Waals surface area (Å²) in [5.41, 5.74) is 1.08. The minimum absolute atomic E-state index is 0.255. The number of anilines is 1. The van der Waals surface area contributed by atoms with Gasteiger partial charge in [0.25, 0.3) is 0 Å². The lowest BCUT2D eigenvalue weighted by molar-refractivity contribution is 0.00353. The molecular weight excluding hydrogens is 210 g/mol. The summed E-state index contributed by atoms with van der Waals surface area (Å²) < 4.78 is 0. The number of hydrogen-bond donors (Lipinski definition) is 0. The van der Waals surface area contributed by atoms with Crippen molar-refractivity contribution in [3.05, 3.63) is 41.4 Å². The molecule has 3 heteroatoms. The number of rotatable bonds is 1. The Balaban J connectivity index is 1.89. The lowest BCUT2D eigenvalue weighted by atomic mass is 9.98. The van der Waals surface area contributed by atoms with Crippen LogP contribution in [-0.2, 0) is 4.84 Å². The molecule has 0 unspecified atom stereocenters. The Labute approximate surface area is 94.1 Å². The highest BCUT2D eigenvalue weighted by Crippen LogP contribution is 2.32. The zero-order valence-corrected chi connectivity index (χ0v) is 9.02. The van der Waals surface area contributed by atoms with Crippen molar-refractivity contribution in [1.29, 1.82) is 0 Å². The van der Waals surface area contributed by atoms with Gasteiger partial charge in [-0.25, -0.2) is 5.06 Å². The molecule has 1 aliphatic carbocycles. The molecular formula is C12H12ClNO. The van der Waals surface area contributed by atoms with Crippen LogP contribution in [-0.4, -0.2) is 12.1 Å². The summed E-state index contributed by atoms with van der Waals surface area (Å²) in [5, 5.41) is 2.75. The van der Waals surface area contributed by atoms with E-state index >= 15 is 0 Å². The van der Waals surface area contributed by atoms with Crippen LogP contribution in [0.25, 0.3) is 0 Å². The molecule has 0 saturated carbocycles. The summed E-state index contributed by atoms with van der Waals surface area (Å²) in [6, 6.07) is 8.17. The first-order valence-corrected chi connectivity index (χ1v) is 5.60. The van der Waals surface area contributed by atoms with Gasteiger partial charge in [-0.05, 0) is 37.1 Å². The van der Waals surface area contributed by atoms with Crippen LogP contribution in [0, 0.1) is 0 Å². The molecule has 3 aliphatic rings. The van der Waals surface area contributed by atoms with Gasteiger partial charge in [0.15, 0.2) is 0 Å². The fourth-order valence-corrected chi connectivity index (χ4v) is 2.25. The van der Waals surface area contributed by atoms with E-state index in [0.717, 1.165) is 17.1 Å². The predicted molar refractivity (Wildman–Crippen MR) is 61.0 cm³/mol. The minimum atomic E-state index is 0.255. The Morgan fingerprint density at radius 2 is 1.93 bits per heavy atom. The van der Waals surface area contributed by atoms with Gasteiger partial charge in [0.1, 0.15) is 6.10 Å². The van der Waals surface area contributed by atoms with Gasteiger partial charge in [0.05, 0.1) is 11.7 Å². The smallest absolute Gasteiger partial charge is 0.104 e. The van der Waals surface area contributed by atoms with Gasteiger partial charge in [0, 0.05) is 5.02 Å². The van der Waals surface area contributed by atoms with Crippen LogP contribution in [0.15, 0.2) is 36.4 Å². The van der Waals surface area contributed by atoms with Gasteiger partial charge in [-0.3, -0.25) is 4.84 Å². The van der Waals surface area contributed by atoms with E-state index in [-0.39, 0.29) is 6.10 Å². The van der Waals surface area contributed by atoms with Crippen molar-refractivity contribution in [1.82, 2.24) is 0 Å². The summed E-state index contributed by atoms with van der Waals surface area (Å²) in [5.74, 6) is 0. The highest BCUT2D eigenvalue weighted by Gasteiger charge is 2.30. The molecule has 1 fully saturated rings. The van der Waals surface area contributed by atoms with Gasteiger partial charge < -0.3 is 0 Å². The number of hydrogen-bond acceptors (Lipinski definition) is 2. The van der Waals surface area contributed by atoms with Crippen LogP contribution in [0.1, 0.15) is 12.8 Å². The van der Waals surface area contributed by atoms with Crippen LogP contribution in [0.2, 0.25) is 5.02 Å². The summed E-state index contributed by atoms with van der Waals surface area (Å²) in [6.45, 7) is 0. The number of fused-ring (bicyclic) bond motifs is 2. The molecule has 78 valence electrons. The third-order valence-electron chi connectivity index (χ3n) is 2.93. The Hall–Kier alpha value is -0.990. The normalized spacial score (nSPS) is 28.5. The maximum atomic E-state index is 5.86. The zero-order chi connectivity index (χ0) is 10.3. The molecule has 1 aromatic rings. The molecule has 4 rings (SSSR count). The van der Waals surface area contributed by atoms with Crippen LogP contribution in [0.5, 0.6) is 0 Å². The monoisotopic (exact) mass is 221 g/mol. The maximum Gasteiger partial charge on any atom is 0.104 e. The lowest BCUT2D eigenvalue weighted by Crippen LogP contribution is -2.45. The molecule has 2 nitrogen and oxygen atoms in total.